The molecule has 3 amide bonds. The van der Waals surface area contributed by atoms with Gasteiger partial charge < -0.3 is 39.4 Å². The topological polar surface area (TPSA) is 171 Å². The van der Waals surface area contributed by atoms with E-state index in [0.717, 1.165) is 11.7 Å². The number of methoxy groups -OCH3 is 1. The van der Waals surface area contributed by atoms with Crippen molar-refractivity contribution in [1.82, 2.24) is 15.7 Å². The summed E-state index contributed by atoms with van der Waals surface area (Å²) in [4.78, 5) is 51.5. The highest BCUT2D eigenvalue weighted by Gasteiger charge is 2.36. The van der Waals surface area contributed by atoms with Gasteiger partial charge in [0.2, 0.25) is 0 Å². The lowest BCUT2D eigenvalue weighted by Gasteiger charge is -2.28. The first kappa shape index (κ1) is 41.7. The number of rotatable bonds is 8. The summed E-state index contributed by atoms with van der Waals surface area (Å²) in [5.74, 6) is -1.66. The van der Waals surface area contributed by atoms with E-state index >= 15 is 0 Å². The number of carbonyl (C=O) groups is 4. The van der Waals surface area contributed by atoms with E-state index in [9.17, 15) is 19.2 Å². The average molecular weight is 630 g/mol. The molecule has 0 aromatic carbocycles. The molecule has 248 valence electrons. The van der Waals surface area contributed by atoms with Gasteiger partial charge in [-0.1, -0.05) is 0 Å². The number of carboxylic acids is 1. The van der Waals surface area contributed by atoms with E-state index in [1.54, 1.807) is 48.7 Å². The first-order chi connectivity index (χ1) is 18.9. The molecule has 0 radical (unpaired) electrons. The number of halogens is 1. The molecule has 2 rings (SSSR count). The number of aliphatic carboxylic acids is 1. The summed E-state index contributed by atoms with van der Waals surface area (Å²) < 4.78 is 25.1. The Morgan fingerprint density at radius 3 is 1.52 bits per heavy atom. The number of hydrogen-bond acceptors (Lipinski definition) is 10. The number of nitrogens with zero attached hydrogens (tertiary/aromatic N) is 1. The minimum atomic E-state index is -1.06. The Labute approximate surface area is 255 Å². The Balaban J connectivity index is 0. The molecule has 4 atom stereocenters. The third-order valence-electron chi connectivity index (χ3n) is 5.62. The van der Waals surface area contributed by atoms with Crippen LogP contribution in [-0.2, 0) is 38.1 Å². The number of hydroxylamine groups is 2. The number of carboxylic acid groups (broad SMARTS) is 1. The lowest BCUT2D eigenvalue weighted by atomic mass is 9.98. The molecule has 0 bridgehead atoms. The maximum absolute atomic E-state index is 12.2. The normalized spacial score (nSPS) is 19.3. The Bertz CT molecular complexity index is 804. The summed E-state index contributed by atoms with van der Waals surface area (Å²) in [5.41, 5.74) is -1.25. The van der Waals surface area contributed by atoms with Crippen molar-refractivity contribution in [3.63, 3.8) is 0 Å². The number of amides is 3. The van der Waals surface area contributed by atoms with Crippen LogP contribution in [0.25, 0.3) is 0 Å². The second-order valence-electron chi connectivity index (χ2n) is 11.4. The second-order valence-corrected chi connectivity index (χ2v) is 11.4. The van der Waals surface area contributed by atoms with E-state index in [4.69, 9.17) is 28.9 Å². The number of nitrogens with one attached hydrogen (secondary N) is 2. The van der Waals surface area contributed by atoms with Crippen molar-refractivity contribution in [3.05, 3.63) is 0 Å². The third kappa shape index (κ3) is 18.2. The van der Waals surface area contributed by atoms with E-state index < -0.39 is 41.4 Å². The zero-order chi connectivity index (χ0) is 31.8. The first-order valence-corrected chi connectivity index (χ1v) is 13.6. The Kier molecular flexibility index (Phi) is 20.4. The van der Waals surface area contributed by atoms with Crippen molar-refractivity contribution in [2.45, 2.75) is 84.6 Å². The monoisotopic (exact) mass is 629 g/mol. The van der Waals surface area contributed by atoms with Crippen LogP contribution in [0.5, 0.6) is 0 Å². The molecule has 2 aliphatic rings. The van der Waals surface area contributed by atoms with Crippen molar-refractivity contribution in [2.24, 2.45) is 11.8 Å². The van der Waals surface area contributed by atoms with Gasteiger partial charge in [-0.25, -0.2) is 19.4 Å². The zero-order valence-corrected chi connectivity index (χ0v) is 27.5. The quantitative estimate of drug-likeness (QED) is 0.337. The molecule has 2 saturated heterocycles. The van der Waals surface area contributed by atoms with E-state index in [-0.39, 0.29) is 30.2 Å². The Hall–Kier alpha value is -2.39. The summed E-state index contributed by atoms with van der Waals surface area (Å²) in [5, 5.41) is 15.1. The maximum Gasteiger partial charge on any atom is 0.408 e. The van der Waals surface area contributed by atoms with Crippen LogP contribution < -0.4 is 10.6 Å². The van der Waals surface area contributed by atoms with Crippen LogP contribution in [0.15, 0.2) is 0 Å². The van der Waals surface area contributed by atoms with Gasteiger partial charge in [0.25, 0.3) is 5.91 Å². The molecule has 42 heavy (non-hydrogen) atoms. The highest BCUT2D eigenvalue weighted by Crippen LogP contribution is 2.20. The van der Waals surface area contributed by atoms with Crippen LogP contribution in [0, 0.1) is 11.8 Å². The van der Waals surface area contributed by atoms with E-state index in [0.29, 0.717) is 39.3 Å². The highest BCUT2D eigenvalue weighted by atomic mass is 35.5. The van der Waals surface area contributed by atoms with Crippen molar-refractivity contribution in [3.8, 4) is 0 Å². The minimum Gasteiger partial charge on any atom is -0.480 e. The molecule has 0 saturated carbocycles. The van der Waals surface area contributed by atoms with Crippen LogP contribution in [0.3, 0.4) is 0 Å². The maximum atomic E-state index is 12.2. The summed E-state index contributed by atoms with van der Waals surface area (Å²) in [7, 11) is 4.58. The van der Waals surface area contributed by atoms with Crippen molar-refractivity contribution in [2.75, 3.05) is 54.3 Å². The fraction of sp³-hybridized carbons (Fsp3) is 0.852. The molecular formula is C27H52ClN3O11. The number of alkyl carbamates (subject to hydrolysis) is 2. The molecule has 0 aromatic heterocycles. The van der Waals surface area contributed by atoms with Gasteiger partial charge in [-0.2, -0.15) is 0 Å². The standard InChI is InChI=1S/C13H24N2O5.C11H19NO5.C3H8O.ClH/c1-13(2,3)20-12(17)14-10(9-6-7-19-8-9)11(16)15(4)18-5;1-11(2,3)17-10(15)12-8(9(13)14)7-4-5-16-6-7;1-3-4-2;/h9-10H,6-8H2,1-5H3,(H,14,17);7-8H,4-6H2,1-3H3,(H,12,15)(H,13,14);3H2,1-2H3;1H. The van der Waals surface area contributed by atoms with Crippen LogP contribution in [0.2, 0.25) is 0 Å². The lowest BCUT2D eigenvalue weighted by molar-refractivity contribution is -0.172. The van der Waals surface area contributed by atoms with Gasteiger partial charge in [-0.05, 0) is 61.3 Å². The summed E-state index contributed by atoms with van der Waals surface area (Å²) >= 11 is 0. The van der Waals surface area contributed by atoms with E-state index in [1.807, 2.05) is 6.92 Å². The molecule has 3 N–H and O–H groups in total. The summed E-state index contributed by atoms with van der Waals surface area (Å²) in [6.07, 6.45) is 0.0142. The third-order valence-corrected chi connectivity index (χ3v) is 5.62. The van der Waals surface area contributed by atoms with Crippen LogP contribution in [0.1, 0.15) is 61.3 Å². The summed E-state index contributed by atoms with van der Waals surface area (Å²) in [6.45, 7) is 15.2. The van der Waals surface area contributed by atoms with Gasteiger partial charge >= 0.3 is 18.2 Å². The largest absolute Gasteiger partial charge is 0.480 e. The van der Waals surface area contributed by atoms with Gasteiger partial charge in [-0.15, -0.1) is 12.4 Å². The van der Waals surface area contributed by atoms with E-state index in [2.05, 4.69) is 15.4 Å². The SMILES string of the molecule is CC(C)(C)OC(=O)NC(C(=O)O)C1CCOC1.CCOC.CON(C)C(=O)C(NC(=O)OC(C)(C)C)C1CCOC1.Cl. The van der Waals surface area contributed by atoms with Crippen molar-refractivity contribution in [1.29, 1.82) is 0 Å². The predicted molar refractivity (Wildman–Crippen MR) is 156 cm³/mol. The molecule has 2 heterocycles. The Morgan fingerprint density at radius 2 is 1.24 bits per heavy atom. The number of hydrogen-bond donors (Lipinski definition) is 3. The fourth-order valence-electron chi connectivity index (χ4n) is 3.55. The fourth-order valence-corrected chi connectivity index (χ4v) is 3.55. The molecular weight excluding hydrogens is 578 g/mol. The number of likely N-dealkylation sites (N-methyl/N-ethyl adjacent to an activating group) is 1. The van der Waals surface area contributed by atoms with Crippen molar-refractivity contribution >= 4 is 36.5 Å². The molecule has 15 heteroatoms. The van der Waals surface area contributed by atoms with E-state index in [1.165, 1.54) is 14.2 Å². The Morgan fingerprint density at radius 1 is 0.857 bits per heavy atom. The predicted octanol–water partition coefficient (Wildman–Crippen LogP) is 3.01. The molecule has 2 fully saturated rings. The van der Waals surface area contributed by atoms with Gasteiger partial charge in [0, 0.05) is 45.8 Å². The minimum absolute atomic E-state index is 0. The molecule has 4 unspecified atom stereocenters. The van der Waals surface area contributed by atoms with Gasteiger partial charge in [0.1, 0.15) is 23.3 Å². The first-order valence-electron chi connectivity index (χ1n) is 13.6. The molecule has 0 spiro atoms. The number of ether oxygens (including phenoxy) is 5. The van der Waals surface area contributed by atoms with Gasteiger partial charge in [0.15, 0.2) is 0 Å². The average Bonchev–Trinajstić information content (AvgIpc) is 3.58. The van der Waals surface area contributed by atoms with Gasteiger partial charge in [0.05, 0.1) is 20.3 Å². The van der Waals surface area contributed by atoms with Crippen LogP contribution in [0.4, 0.5) is 9.59 Å². The second kappa shape index (κ2) is 20.5. The molecule has 14 nitrogen and oxygen atoms in total. The lowest BCUT2D eigenvalue weighted by Crippen LogP contribution is -2.52. The van der Waals surface area contributed by atoms with Crippen molar-refractivity contribution < 1.29 is 52.8 Å². The van der Waals surface area contributed by atoms with Crippen LogP contribution in [-0.4, -0.2) is 112 Å². The molecule has 2 aliphatic heterocycles. The molecule has 0 aromatic rings. The highest BCUT2D eigenvalue weighted by molar-refractivity contribution is 5.85. The number of carbonyl (C=O) groups excluding carboxylic acids is 3. The smallest absolute Gasteiger partial charge is 0.408 e. The van der Waals surface area contributed by atoms with Gasteiger partial charge in [-0.3, -0.25) is 9.63 Å². The summed E-state index contributed by atoms with van der Waals surface area (Å²) in [6, 6.07) is -1.66. The molecule has 0 aliphatic carbocycles. The zero-order valence-electron chi connectivity index (χ0n) is 26.6. The van der Waals surface area contributed by atoms with Crippen LogP contribution >= 0.6 is 12.4 Å².